The second-order valence-corrected chi connectivity index (χ2v) is 5.75. The predicted octanol–water partition coefficient (Wildman–Crippen LogP) is 1.52. The largest absolute Gasteiger partial charge is 0.397 e. The molecule has 108 valence electrons. The highest BCUT2D eigenvalue weighted by atomic mass is 16.1. The topological polar surface area (TPSA) is 70.4 Å². The third-order valence-electron chi connectivity index (χ3n) is 4.30. The van der Waals surface area contributed by atoms with Gasteiger partial charge in [-0.1, -0.05) is 6.92 Å². The molecule has 2 aliphatic rings. The van der Waals surface area contributed by atoms with Gasteiger partial charge in [0.25, 0.3) is 0 Å². The number of benzene rings is 1. The van der Waals surface area contributed by atoms with Crippen molar-refractivity contribution >= 4 is 23.0 Å². The van der Waals surface area contributed by atoms with Gasteiger partial charge >= 0.3 is 0 Å². The molecule has 1 aromatic rings. The van der Waals surface area contributed by atoms with E-state index in [-0.39, 0.29) is 5.91 Å². The number of hydrogen-bond donors (Lipinski definition) is 3. The Morgan fingerprint density at radius 2 is 2.35 bits per heavy atom. The van der Waals surface area contributed by atoms with E-state index in [2.05, 4.69) is 22.5 Å². The Morgan fingerprint density at radius 1 is 1.50 bits per heavy atom. The smallest absolute Gasteiger partial charge is 0.228 e. The van der Waals surface area contributed by atoms with Crippen LogP contribution in [0.5, 0.6) is 0 Å². The van der Waals surface area contributed by atoms with E-state index in [1.807, 2.05) is 12.1 Å². The van der Waals surface area contributed by atoms with Gasteiger partial charge < -0.3 is 21.3 Å². The van der Waals surface area contributed by atoms with E-state index in [0.29, 0.717) is 12.3 Å². The number of hydrogen-bond acceptors (Lipinski definition) is 4. The highest BCUT2D eigenvalue weighted by Gasteiger charge is 2.22. The highest BCUT2D eigenvalue weighted by molar-refractivity contribution is 6.00. The molecule has 0 aromatic heterocycles. The van der Waals surface area contributed by atoms with Crippen LogP contribution in [0.4, 0.5) is 17.1 Å². The second-order valence-electron chi connectivity index (χ2n) is 5.75. The third kappa shape index (κ3) is 2.58. The molecule has 5 heteroatoms. The van der Waals surface area contributed by atoms with Crippen LogP contribution in [0.15, 0.2) is 12.1 Å². The fraction of sp³-hybridized carbons (Fsp3) is 0.533. The monoisotopic (exact) mass is 274 g/mol. The maximum Gasteiger partial charge on any atom is 0.228 e. The van der Waals surface area contributed by atoms with Gasteiger partial charge in [0.2, 0.25) is 5.91 Å². The van der Waals surface area contributed by atoms with Crippen molar-refractivity contribution in [3.8, 4) is 0 Å². The molecule has 1 aromatic carbocycles. The second kappa shape index (κ2) is 5.32. The summed E-state index contributed by atoms with van der Waals surface area (Å²) in [4.78, 5) is 13.9. The number of nitrogens with zero attached hydrogens (tertiary/aromatic N) is 1. The number of carbonyl (C=O) groups excluding carboxylic acids is 1. The molecule has 1 atom stereocenters. The lowest BCUT2D eigenvalue weighted by Gasteiger charge is -2.16. The minimum atomic E-state index is 0.0472. The zero-order valence-corrected chi connectivity index (χ0v) is 11.9. The average Bonchev–Trinajstić information content (AvgIpc) is 3.01. The van der Waals surface area contributed by atoms with Gasteiger partial charge in [-0.3, -0.25) is 4.79 Å². The van der Waals surface area contributed by atoms with Gasteiger partial charge in [-0.05, 0) is 43.1 Å². The number of nitrogens with one attached hydrogen (secondary N) is 2. The first-order valence-electron chi connectivity index (χ1n) is 7.34. The first-order valence-corrected chi connectivity index (χ1v) is 7.34. The maximum absolute atomic E-state index is 11.4. The number of anilines is 3. The van der Waals surface area contributed by atoms with E-state index in [9.17, 15) is 4.79 Å². The molecule has 4 N–H and O–H groups in total. The van der Waals surface area contributed by atoms with Crippen LogP contribution in [-0.4, -0.2) is 37.0 Å². The summed E-state index contributed by atoms with van der Waals surface area (Å²) in [6.45, 7) is 6.62. The van der Waals surface area contributed by atoms with Crippen LogP contribution < -0.4 is 16.4 Å². The van der Waals surface area contributed by atoms with Crippen molar-refractivity contribution < 1.29 is 4.79 Å². The highest BCUT2D eigenvalue weighted by Crippen LogP contribution is 2.31. The third-order valence-corrected chi connectivity index (χ3v) is 4.30. The van der Waals surface area contributed by atoms with Crippen molar-refractivity contribution in [1.82, 2.24) is 4.90 Å². The van der Waals surface area contributed by atoms with E-state index in [0.717, 1.165) is 42.3 Å². The number of nitrogens with two attached hydrogens (primary N) is 1. The molecule has 1 fully saturated rings. The molecule has 5 nitrogen and oxygen atoms in total. The Kier molecular flexibility index (Phi) is 3.53. The van der Waals surface area contributed by atoms with Gasteiger partial charge in [-0.15, -0.1) is 0 Å². The number of nitrogen functional groups attached to an aromatic ring is 1. The number of rotatable bonds is 4. The molecule has 0 aliphatic carbocycles. The Morgan fingerprint density at radius 3 is 3.10 bits per heavy atom. The van der Waals surface area contributed by atoms with Crippen molar-refractivity contribution in [3.05, 3.63) is 17.7 Å². The molecular formula is C15H22N4O. The van der Waals surface area contributed by atoms with Gasteiger partial charge in [-0.2, -0.15) is 0 Å². The summed E-state index contributed by atoms with van der Waals surface area (Å²) in [5.41, 5.74) is 9.62. The van der Waals surface area contributed by atoms with Gasteiger partial charge in [0.05, 0.1) is 17.8 Å². The molecule has 3 rings (SSSR count). The Hall–Kier alpha value is -1.75. The van der Waals surface area contributed by atoms with E-state index in [1.54, 1.807) is 0 Å². The fourth-order valence-corrected chi connectivity index (χ4v) is 3.07. The Balaban J connectivity index is 1.64. The van der Waals surface area contributed by atoms with Crippen LogP contribution in [0, 0.1) is 5.92 Å². The van der Waals surface area contributed by atoms with Gasteiger partial charge in [0, 0.05) is 18.8 Å². The van der Waals surface area contributed by atoms with Gasteiger partial charge in [0.15, 0.2) is 0 Å². The van der Waals surface area contributed by atoms with Crippen molar-refractivity contribution in [3.63, 3.8) is 0 Å². The molecule has 0 radical (unpaired) electrons. The number of fused-ring (bicyclic) bond motifs is 1. The lowest BCUT2D eigenvalue weighted by molar-refractivity contribution is -0.115. The van der Waals surface area contributed by atoms with Crippen LogP contribution in [0.25, 0.3) is 0 Å². The SMILES string of the molecule is CCN1CCC(CNc2cc3c(cc2N)CC(=O)N3)C1. The number of amides is 1. The quantitative estimate of drug-likeness (QED) is 0.728. The summed E-state index contributed by atoms with van der Waals surface area (Å²) in [5.74, 6) is 0.725. The van der Waals surface area contributed by atoms with Crippen LogP contribution in [0.3, 0.4) is 0 Å². The maximum atomic E-state index is 11.4. The normalized spacial score (nSPS) is 21.9. The molecule has 1 amide bonds. The first kappa shape index (κ1) is 13.2. The van der Waals surface area contributed by atoms with Crippen molar-refractivity contribution in [2.24, 2.45) is 5.92 Å². The molecule has 0 saturated carbocycles. The summed E-state index contributed by atoms with van der Waals surface area (Å²) in [6.07, 6.45) is 1.68. The summed E-state index contributed by atoms with van der Waals surface area (Å²) >= 11 is 0. The van der Waals surface area contributed by atoms with E-state index >= 15 is 0 Å². The summed E-state index contributed by atoms with van der Waals surface area (Å²) in [6, 6.07) is 3.87. The lowest BCUT2D eigenvalue weighted by atomic mass is 10.1. The minimum Gasteiger partial charge on any atom is -0.397 e. The lowest BCUT2D eigenvalue weighted by Crippen LogP contribution is -2.22. The van der Waals surface area contributed by atoms with Crippen molar-refractivity contribution in [2.45, 2.75) is 19.8 Å². The summed E-state index contributed by atoms with van der Waals surface area (Å²) < 4.78 is 0. The van der Waals surface area contributed by atoms with Crippen LogP contribution in [0.2, 0.25) is 0 Å². The molecule has 0 spiro atoms. The first-order chi connectivity index (χ1) is 9.65. The molecule has 2 aliphatic heterocycles. The number of likely N-dealkylation sites (tertiary alicyclic amines) is 1. The molecule has 1 unspecified atom stereocenters. The molecule has 0 bridgehead atoms. The Labute approximate surface area is 119 Å². The zero-order chi connectivity index (χ0) is 14.1. The fourth-order valence-electron chi connectivity index (χ4n) is 3.07. The van der Waals surface area contributed by atoms with Crippen molar-refractivity contribution in [1.29, 1.82) is 0 Å². The summed E-state index contributed by atoms with van der Waals surface area (Å²) in [5, 5.41) is 6.31. The van der Waals surface area contributed by atoms with E-state index < -0.39 is 0 Å². The average molecular weight is 274 g/mol. The van der Waals surface area contributed by atoms with E-state index in [1.165, 1.54) is 13.0 Å². The molecular weight excluding hydrogens is 252 g/mol. The van der Waals surface area contributed by atoms with Crippen molar-refractivity contribution in [2.75, 3.05) is 42.5 Å². The minimum absolute atomic E-state index is 0.0472. The van der Waals surface area contributed by atoms with Crippen LogP contribution in [-0.2, 0) is 11.2 Å². The molecule has 1 saturated heterocycles. The molecule has 20 heavy (non-hydrogen) atoms. The summed E-state index contributed by atoms with van der Waals surface area (Å²) in [7, 11) is 0. The molecule has 2 heterocycles. The van der Waals surface area contributed by atoms with Crippen LogP contribution >= 0.6 is 0 Å². The Bertz CT molecular complexity index is 529. The standard InChI is InChI=1S/C15H22N4O/c1-2-19-4-3-10(9-19)8-17-14-7-13-11(5-12(14)16)6-15(20)18-13/h5,7,10,17H,2-4,6,8-9,16H2,1H3,(H,18,20). The van der Waals surface area contributed by atoms with Crippen LogP contribution in [0.1, 0.15) is 18.9 Å². The van der Waals surface area contributed by atoms with Gasteiger partial charge in [-0.25, -0.2) is 0 Å². The number of carbonyl (C=O) groups is 1. The van der Waals surface area contributed by atoms with E-state index in [4.69, 9.17) is 5.73 Å². The van der Waals surface area contributed by atoms with Gasteiger partial charge in [0.1, 0.15) is 0 Å². The zero-order valence-electron chi connectivity index (χ0n) is 11.9. The predicted molar refractivity (Wildman–Crippen MR) is 81.9 cm³/mol.